The molecular weight excluding hydrogens is 340 g/mol. The zero-order valence-corrected chi connectivity index (χ0v) is 12.9. The van der Waals surface area contributed by atoms with Crippen molar-refractivity contribution in [1.29, 1.82) is 0 Å². The summed E-state index contributed by atoms with van der Waals surface area (Å²) in [5, 5.41) is 4.71. The van der Waals surface area contributed by atoms with E-state index >= 15 is 0 Å². The normalized spacial score (nSPS) is 11.0. The van der Waals surface area contributed by atoms with Crippen LogP contribution in [0.2, 0.25) is 0 Å². The van der Waals surface area contributed by atoms with Gasteiger partial charge in [-0.3, -0.25) is 9.59 Å². The maximum Gasteiger partial charge on any atom is 0.416 e. The van der Waals surface area contributed by atoms with Crippen LogP contribution in [0.15, 0.2) is 48.5 Å². The molecule has 4 nitrogen and oxygen atoms in total. The summed E-state index contributed by atoms with van der Waals surface area (Å²) in [6.07, 6.45) is -5.06. The minimum absolute atomic E-state index is 0.0499. The molecule has 0 fully saturated rings. The number of nitrogens with one attached hydrogen (secondary N) is 2. The molecule has 2 aromatic rings. The summed E-state index contributed by atoms with van der Waals surface area (Å²) in [5.41, 5.74) is -0.301. The van der Waals surface area contributed by atoms with Gasteiger partial charge in [0.2, 0.25) is 11.8 Å². The average Bonchev–Trinajstić information content (AvgIpc) is 2.53. The molecule has 0 unspecified atom stereocenters. The number of carbonyl (C=O) groups excluding carboxylic acids is 2. The molecule has 0 atom stereocenters. The number of anilines is 1. The molecule has 0 heterocycles. The van der Waals surface area contributed by atoms with Gasteiger partial charge in [0.05, 0.1) is 5.56 Å². The van der Waals surface area contributed by atoms with E-state index < -0.39 is 35.8 Å². The first-order valence-corrected chi connectivity index (χ1v) is 7.22. The standard InChI is InChI=1S/C17H14F4N2O2/c18-13-6-4-11(5-7-13)10-22-15(24)9-16(25)23-14-3-1-2-12(8-14)17(19,20)21/h1-8H,9-10H2,(H,22,24)(H,23,25). The van der Waals surface area contributed by atoms with E-state index in [-0.39, 0.29) is 12.2 Å². The van der Waals surface area contributed by atoms with Crippen molar-refractivity contribution < 1.29 is 27.2 Å². The fourth-order valence-electron chi connectivity index (χ4n) is 1.99. The van der Waals surface area contributed by atoms with Crippen LogP contribution in [0.5, 0.6) is 0 Å². The van der Waals surface area contributed by atoms with Crippen LogP contribution >= 0.6 is 0 Å². The van der Waals surface area contributed by atoms with E-state index in [1.165, 1.54) is 30.3 Å². The number of rotatable bonds is 5. The van der Waals surface area contributed by atoms with Gasteiger partial charge in [0.1, 0.15) is 12.2 Å². The lowest BCUT2D eigenvalue weighted by Crippen LogP contribution is -2.27. The molecule has 0 aliphatic heterocycles. The van der Waals surface area contributed by atoms with E-state index in [2.05, 4.69) is 10.6 Å². The highest BCUT2D eigenvalue weighted by Gasteiger charge is 2.30. The molecular formula is C17H14F4N2O2. The highest BCUT2D eigenvalue weighted by atomic mass is 19.4. The molecule has 2 rings (SSSR count). The first-order valence-electron chi connectivity index (χ1n) is 7.22. The van der Waals surface area contributed by atoms with Gasteiger partial charge in [-0.2, -0.15) is 13.2 Å². The van der Waals surface area contributed by atoms with Crippen LogP contribution in [-0.4, -0.2) is 11.8 Å². The van der Waals surface area contributed by atoms with Crippen molar-refractivity contribution in [3.05, 3.63) is 65.5 Å². The monoisotopic (exact) mass is 354 g/mol. The van der Waals surface area contributed by atoms with Crippen LogP contribution in [0, 0.1) is 5.82 Å². The number of alkyl halides is 3. The fourth-order valence-corrected chi connectivity index (χ4v) is 1.99. The Bertz CT molecular complexity index is 758. The third-order valence-corrected chi connectivity index (χ3v) is 3.20. The largest absolute Gasteiger partial charge is 0.416 e. The molecule has 132 valence electrons. The minimum Gasteiger partial charge on any atom is -0.352 e. The van der Waals surface area contributed by atoms with E-state index in [1.807, 2.05) is 0 Å². The lowest BCUT2D eigenvalue weighted by Gasteiger charge is -2.10. The van der Waals surface area contributed by atoms with Crippen molar-refractivity contribution in [3.8, 4) is 0 Å². The van der Waals surface area contributed by atoms with Crippen molar-refractivity contribution in [2.45, 2.75) is 19.1 Å². The van der Waals surface area contributed by atoms with Crippen LogP contribution in [0.3, 0.4) is 0 Å². The Balaban J connectivity index is 1.85. The second-order valence-electron chi connectivity index (χ2n) is 5.21. The van der Waals surface area contributed by atoms with Gasteiger partial charge >= 0.3 is 6.18 Å². The zero-order valence-electron chi connectivity index (χ0n) is 12.9. The number of halogens is 4. The smallest absolute Gasteiger partial charge is 0.352 e. The number of hydrogen-bond donors (Lipinski definition) is 2. The Morgan fingerprint density at radius 1 is 0.960 bits per heavy atom. The predicted molar refractivity (Wildman–Crippen MR) is 82.9 cm³/mol. The Kier molecular flexibility index (Phi) is 5.74. The highest BCUT2D eigenvalue weighted by Crippen LogP contribution is 2.30. The number of carbonyl (C=O) groups is 2. The number of hydrogen-bond acceptors (Lipinski definition) is 2. The lowest BCUT2D eigenvalue weighted by atomic mass is 10.2. The maximum atomic E-state index is 12.8. The van der Waals surface area contributed by atoms with E-state index in [1.54, 1.807) is 0 Å². The van der Waals surface area contributed by atoms with Gasteiger partial charge in [-0.15, -0.1) is 0 Å². The van der Waals surface area contributed by atoms with Crippen molar-refractivity contribution in [2.75, 3.05) is 5.32 Å². The molecule has 0 spiro atoms. The van der Waals surface area contributed by atoms with Crippen molar-refractivity contribution >= 4 is 17.5 Å². The maximum absolute atomic E-state index is 12.8. The molecule has 8 heteroatoms. The second-order valence-corrected chi connectivity index (χ2v) is 5.21. The fraction of sp³-hybridized carbons (Fsp3) is 0.176. The summed E-state index contributed by atoms with van der Waals surface area (Å²) in [5.74, 6) is -1.75. The summed E-state index contributed by atoms with van der Waals surface area (Å²) in [6.45, 7) is 0.107. The minimum atomic E-state index is -4.52. The SMILES string of the molecule is O=C(CC(=O)Nc1cccc(C(F)(F)F)c1)NCc1ccc(F)cc1. The summed E-state index contributed by atoms with van der Waals surface area (Å²) in [7, 11) is 0. The van der Waals surface area contributed by atoms with E-state index in [4.69, 9.17) is 0 Å². The van der Waals surface area contributed by atoms with Crippen LogP contribution in [0.1, 0.15) is 17.5 Å². The van der Waals surface area contributed by atoms with Gasteiger partial charge < -0.3 is 10.6 Å². The van der Waals surface area contributed by atoms with E-state index in [9.17, 15) is 27.2 Å². The number of amides is 2. The first-order chi connectivity index (χ1) is 11.7. The van der Waals surface area contributed by atoms with Gasteiger partial charge in [-0.1, -0.05) is 18.2 Å². The molecule has 0 aliphatic rings. The number of benzene rings is 2. The van der Waals surface area contributed by atoms with Gasteiger partial charge in [-0.05, 0) is 35.9 Å². The zero-order chi connectivity index (χ0) is 18.4. The van der Waals surface area contributed by atoms with Gasteiger partial charge in [-0.25, -0.2) is 4.39 Å². The van der Waals surface area contributed by atoms with Gasteiger partial charge in [0.25, 0.3) is 0 Å². The van der Waals surface area contributed by atoms with Crippen molar-refractivity contribution in [3.63, 3.8) is 0 Å². The quantitative estimate of drug-likeness (QED) is 0.638. The summed E-state index contributed by atoms with van der Waals surface area (Å²) in [4.78, 5) is 23.4. The Morgan fingerprint density at radius 3 is 2.28 bits per heavy atom. The summed E-state index contributed by atoms with van der Waals surface area (Å²) in [6, 6.07) is 9.57. The van der Waals surface area contributed by atoms with Crippen LogP contribution in [-0.2, 0) is 22.3 Å². The molecule has 0 saturated heterocycles. The molecule has 25 heavy (non-hydrogen) atoms. The first kappa shape index (κ1) is 18.4. The molecule has 0 radical (unpaired) electrons. The average molecular weight is 354 g/mol. The van der Waals surface area contributed by atoms with Crippen molar-refractivity contribution in [1.82, 2.24) is 5.32 Å². The summed E-state index contributed by atoms with van der Waals surface area (Å²) < 4.78 is 50.6. The predicted octanol–water partition coefficient (Wildman–Crippen LogP) is 3.49. The third-order valence-electron chi connectivity index (χ3n) is 3.20. The van der Waals surface area contributed by atoms with Gasteiger partial charge in [0, 0.05) is 12.2 Å². The van der Waals surface area contributed by atoms with E-state index in [0.717, 1.165) is 18.2 Å². The van der Waals surface area contributed by atoms with Gasteiger partial charge in [0.15, 0.2) is 0 Å². The molecule has 2 N–H and O–H groups in total. The summed E-state index contributed by atoms with van der Waals surface area (Å²) >= 11 is 0. The molecule has 0 aliphatic carbocycles. The lowest BCUT2D eigenvalue weighted by molar-refractivity contribution is -0.137. The topological polar surface area (TPSA) is 58.2 Å². The molecule has 2 aromatic carbocycles. The third kappa shape index (κ3) is 5.91. The molecule has 0 saturated carbocycles. The van der Waals surface area contributed by atoms with Crippen LogP contribution in [0.25, 0.3) is 0 Å². The Morgan fingerprint density at radius 2 is 1.64 bits per heavy atom. The highest BCUT2D eigenvalue weighted by molar-refractivity contribution is 6.03. The second kappa shape index (κ2) is 7.78. The van der Waals surface area contributed by atoms with Crippen molar-refractivity contribution in [2.24, 2.45) is 0 Å². The van der Waals surface area contributed by atoms with Crippen LogP contribution in [0.4, 0.5) is 23.2 Å². The molecule has 2 amide bonds. The molecule has 0 aromatic heterocycles. The Labute approximate surface area is 140 Å². The molecule has 0 bridgehead atoms. The van der Waals surface area contributed by atoms with Crippen LogP contribution < -0.4 is 10.6 Å². The Hall–Kier alpha value is -2.90. The van der Waals surface area contributed by atoms with E-state index in [0.29, 0.717) is 5.56 Å².